The van der Waals surface area contributed by atoms with Crippen LogP contribution < -0.4 is 0 Å². The predicted molar refractivity (Wildman–Crippen MR) is 97.5 cm³/mol. The van der Waals surface area contributed by atoms with Crippen molar-refractivity contribution < 1.29 is 9.53 Å². The van der Waals surface area contributed by atoms with E-state index in [-0.39, 0.29) is 17.5 Å². The minimum absolute atomic E-state index is 0.0468. The van der Waals surface area contributed by atoms with Gasteiger partial charge in [-0.2, -0.15) is 0 Å². The zero-order valence-electron chi connectivity index (χ0n) is 15.0. The second-order valence-corrected chi connectivity index (χ2v) is 8.13. The molecule has 1 fully saturated rings. The monoisotopic (exact) mass is 349 g/mol. The molecule has 0 bridgehead atoms. The summed E-state index contributed by atoms with van der Waals surface area (Å²) in [7, 11) is 4.25. The average Bonchev–Trinajstić information content (AvgIpc) is 2.52. The molecule has 0 heterocycles. The Bertz CT molecular complexity index is 616. The molecule has 0 radical (unpaired) electrons. The standard InChI is InChI=1S/C20H28ClNO2/c1-14(23)24-19-5-4-10-20(11-12-22(2)3)17(19)9-7-15-6-8-16(21)13-18(15)20/h6,8,13,17,19H,4-5,7,9-12H2,1-3H3/t17?,19-,20?/m0/s1. The number of esters is 1. The first-order valence-electron chi connectivity index (χ1n) is 9.03. The van der Waals surface area contributed by atoms with Crippen molar-refractivity contribution in [3.05, 3.63) is 34.3 Å². The van der Waals surface area contributed by atoms with E-state index in [9.17, 15) is 4.79 Å². The van der Waals surface area contributed by atoms with E-state index in [1.165, 1.54) is 18.1 Å². The lowest BCUT2D eigenvalue weighted by molar-refractivity contribution is -0.154. The van der Waals surface area contributed by atoms with Gasteiger partial charge in [0.15, 0.2) is 0 Å². The Labute approximate surface area is 150 Å². The molecule has 24 heavy (non-hydrogen) atoms. The van der Waals surface area contributed by atoms with Gasteiger partial charge >= 0.3 is 5.97 Å². The highest BCUT2D eigenvalue weighted by molar-refractivity contribution is 6.30. The van der Waals surface area contributed by atoms with Gasteiger partial charge in [0.05, 0.1) is 0 Å². The number of hydrogen-bond donors (Lipinski definition) is 0. The summed E-state index contributed by atoms with van der Waals surface area (Å²) in [5.41, 5.74) is 2.92. The number of fused-ring (bicyclic) bond motifs is 3. The van der Waals surface area contributed by atoms with Gasteiger partial charge < -0.3 is 9.64 Å². The number of hydrogen-bond acceptors (Lipinski definition) is 3. The van der Waals surface area contributed by atoms with Gasteiger partial charge in [-0.25, -0.2) is 0 Å². The summed E-state index contributed by atoms with van der Waals surface area (Å²) < 4.78 is 5.75. The summed E-state index contributed by atoms with van der Waals surface area (Å²) in [4.78, 5) is 13.9. The molecule has 2 unspecified atom stereocenters. The number of nitrogens with zero attached hydrogens (tertiary/aromatic N) is 1. The lowest BCUT2D eigenvalue weighted by atomic mass is 9.55. The second-order valence-electron chi connectivity index (χ2n) is 7.70. The number of ether oxygens (including phenoxy) is 1. The highest BCUT2D eigenvalue weighted by Crippen LogP contribution is 2.53. The minimum Gasteiger partial charge on any atom is -0.462 e. The highest BCUT2D eigenvalue weighted by atomic mass is 35.5. The maximum Gasteiger partial charge on any atom is 0.302 e. The summed E-state index contributed by atoms with van der Waals surface area (Å²) in [6.07, 6.45) is 6.55. The van der Waals surface area contributed by atoms with Crippen LogP contribution in [0.5, 0.6) is 0 Å². The van der Waals surface area contributed by atoms with Crippen LogP contribution >= 0.6 is 11.6 Å². The fraction of sp³-hybridized carbons (Fsp3) is 0.650. The van der Waals surface area contributed by atoms with Crippen molar-refractivity contribution >= 4 is 17.6 Å². The maximum absolute atomic E-state index is 11.6. The van der Waals surface area contributed by atoms with E-state index in [1.54, 1.807) is 0 Å². The first-order chi connectivity index (χ1) is 11.4. The fourth-order valence-corrected chi connectivity index (χ4v) is 5.09. The normalized spacial score (nSPS) is 29.0. The van der Waals surface area contributed by atoms with Gasteiger partial charge in [-0.05, 0) is 82.4 Å². The van der Waals surface area contributed by atoms with Crippen molar-refractivity contribution in [2.75, 3.05) is 20.6 Å². The average molecular weight is 350 g/mol. The molecular formula is C20H28ClNO2. The van der Waals surface area contributed by atoms with Crippen LogP contribution in [0.3, 0.4) is 0 Å². The molecule has 2 aliphatic carbocycles. The molecule has 3 rings (SSSR count). The molecule has 0 N–H and O–H groups in total. The molecule has 3 atom stereocenters. The third-order valence-electron chi connectivity index (χ3n) is 5.93. The Morgan fingerprint density at radius 1 is 1.38 bits per heavy atom. The third-order valence-corrected chi connectivity index (χ3v) is 6.16. The van der Waals surface area contributed by atoms with E-state index < -0.39 is 0 Å². The molecule has 1 saturated carbocycles. The van der Waals surface area contributed by atoms with Gasteiger partial charge in [0.25, 0.3) is 0 Å². The number of rotatable bonds is 4. The SMILES string of the molecule is CC(=O)O[C@H]1CCCC2(CCN(C)C)c3cc(Cl)ccc3CCC12. The van der Waals surface area contributed by atoms with Crippen LogP contribution in [0.4, 0.5) is 0 Å². The van der Waals surface area contributed by atoms with Crippen LogP contribution in [-0.4, -0.2) is 37.6 Å². The molecule has 0 amide bonds. The zero-order valence-corrected chi connectivity index (χ0v) is 15.7. The Balaban J connectivity index is 2.02. The quantitative estimate of drug-likeness (QED) is 0.763. The summed E-state index contributed by atoms with van der Waals surface area (Å²) in [6, 6.07) is 6.38. The Morgan fingerprint density at radius 2 is 2.17 bits per heavy atom. The van der Waals surface area contributed by atoms with Crippen LogP contribution in [0.2, 0.25) is 5.02 Å². The molecule has 3 nitrogen and oxygen atoms in total. The topological polar surface area (TPSA) is 29.5 Å². The van der Waals surface area contributed by atoms with E-state index in [4.69, 9.17) is 16.3 Å². The Kier molecular flexibility index (Phi) is 5.22. The largest absolute Gasteiger partial charge is 0.462 e. The highest BCUT2D eigenvalue weighted by Gasteiger charge is 2.50. The third kappa shape index (κ3) is 3.34. The molecule has 0 spiro atoms. The van der Waals surface area contributed by atoms with E-state index in [0.29, 0.717) is 5.92 Å². The van der Waals surface area contributed by atoms with Crippen molar-refractivity contribution in [1.82, 2.24) is 4.90 Å². The molecule has 2 aliphatic rings. The Hall–Kier alpha value is -1.06. The first kappa shape index (κ1) is 17.8. The molecule has 0 aliphatic heterocycles. The minimum atomic E-state index is -0.152. The van der Waals surface area contributed by atoms with Crippen LogP contribution in [0.15, 0.2) is 18.2 Å². The van der Waals surface area contributed by atoms with Crippen LogP contribution in [0.1, 0.15) is 50.2 Å². The fourth-order valence-electron chi connectivity index (χ4n) is 4.92. The number of carbonyl (C=O) groups excluding carboxylic acids is 1. The number of aryl methyl sites for hydroxylation is 1. The predicted octanol–water partition coefficient (Wildman–Crippen LogP) is 4.21. The molecule has 132 valence electrons. The van der Waals surface area contributed by atoms with Crippen LogP contribution in [0.25, 0.3) is 0 Å². The van der Waals surface area contributed by atoms with Crippen molar-refractivity contribution in [1.29, 1.82) is 0 Å². The van der Waals surface area contributed by atoms with Crippen LogP contribution in [0, 0.1) is 5.92 Å². The zero-order chi connectivity index (χ0) is 17.3. The molecule has 4 heteroatoms. The number of carbonyl (C=O) groups is 1. The molecule has 1 aromatic carbocycles. The molecule has 0 saturated heterocycles. The maximum atomic E-state index is 11.6. The van der Waals surface area contributed by atoms with Gasteiger partial charge in [0.2, 0.25) is 0 Å². The summed E-state index contributed by atoms with van der Waals surface area (Å²) in [5, 5.41) is 0.813. The van der Waals surface area contributed by atoms with Crippen LogP contribution in [-0.2, 0) is 21.4 Å². The summed E-state index contributed by atoms with van der Waals surface area (Å²) in [6.45, 7) is 2.57. The Morgan fingerprint density at radius 3 is 2.88 bits per heavy atom. The summed E-state index contributed by atoms with van der Waals surface area (Å²) in [5.74, 6) is 0.251. The van der Waals surface area contributed by atoms with Crippen molar-refractivity contribution in [3.63, 3.8) is 0 Å². The van der Waals surface area contributed by atoms with Gasteiger partial charge in [0.1, 0.15) is 6.10 Å². The molecule has 1 aromatic rings. The van der Waals surface area contributed by atoms with Crippen molar-refractivity contribution in [2.24, 2.45) is 5.92 Å². The summed E-state index contributed by atoms with van der Waals surface area (Å²) >= 11 is 6.36. The van der Waals surface area contributed by atoms with E-state index in [2.05, 4.69) is 31.1 Å². The van der Waals surface area contributed by atoms with Gasteiger partial charge in [-0.15, -0.1) is 0 Å². The van der Waals surface area contributed by atoms with Crippen molar-refractivity contribution in [2.45, 2.75) is 57.0 Å². The number of halogens is 1. The van der Waals surface area contributed by atoms with E-state index in [1.807, 2.05) is 6.07 Å². The second kappa shape index (κ2) is 7.05. The lowest BCUT2D eigenvalue weighted by Gasteiger charge is -2.52. The van der Waals surface area contributed by atoms with E-state index >= 15 is 0 Å². The lowest BCUT2D eigenvalue weighted by Crippen LogP contribution is -2.50. The molecule has 0 aromatic heterocycles. The smallest absolute Gasteiger partial charge is 0.302 e. The van der Waals surface area contributed by atoms with Gasteiger partial charge in [-0.3, -0.25) is 4.79 Å². The van der Waals surface area contributed by atoms with Crippen molar-refractivity contribution in [3.8, 4) is 0 Å². The first-order valence-corrected chi connectivity index (χ1v) is 9.41. The molecular weight excluding hydrogens is 322 g/mol. The number of benzene rings is 1. The van der Waals surface area contributed by atoms with Gasteiger partial charge in [-0.1, -0.05) is 17.7 Å². The van der Waals surface area contributed by atoms with E-state index in [0.717, 1.165) is 50.1 Å². The van der Waals surface area contributed by atoms with Gasteiger partial charge in [0, 0.05) is 23.3 Å².